The van der Waals surface area contributed by atoms with Crippen LogP contribution in [0.3, 0.4) is 0 Å². The second kappa shape index (κ2) is 3.92. The molecule has 80 valence electrons. The topological polar surface area (TPSA) is 41.6 Å². The zero-order chi connectivity index (χ0) is 10.8. The van der Waals surface area contributed by atoms with Crippen molar-refractivity contribution in [3.05, 3.63) is 23.7 Å². The first-order valence-electron chi connectivity index (χ1n) is 4.80. The SMILES string of the molecule is CCc1cnc2[nH]cc(CC(F)F)c2n1. The van der Waals surface area contributed by atoms with E-state index in [1.807, 2.05) is 6.92 Å². The molecule has 0 aliphatic carbocycles. The second-order valence-electron chi connectivity index (χ2n) is 3.32. The standard InChI is InChI=1S/C10H11F2N3/c1-2-7-5-14-10-9(15-7)6(4-13-10)3-8(11)12/h4-5,8H,2-3H2,1H3,(H,13,14). The summed E-state index contributed by atoms with van der Waals surface area (Å²) in [7, 11) is 0. The van der Waals surface area contributed by atoms with Crippen molar-refractivity contribution in [2.75, 3.05) is 0 Å². The van der Waals surface area contributed by atoms with Crippen LogP contribution in [0.5, 0.6) is 0 Å². The van der Waals surface area contributed by atoms with Crippen LogP contribution in [-0.2, 0) is 12.8 Å². The van der Waals surface area contributed by atoms with Crippen molar-refractivity contribution < 1.29 is 8.78 Å². The Morgan fingerprint density at radius 3 is 2.93 bits per heavy atom. The Bertz CT molecular complexity index is 465. The van der Waals surface area contributed by atoms with Crippen LogP contribution in [0.2, 0.25) is 0 Å². The molecule has 0 aliphatic rings. The number of rotatable bonds is 3. The molecule has 0 bridgehead atoms. The zero-order valence-corrected chi connectivity index (χ0v) is 8.30. The molecule has 0 atom stereocenters. The Balaban J connectivity index is 2.46. The van der Waals surface area contributed by atoms with Gasteiger partial charge >= 0.3 is 0 Å². The molecule has 0 unspecified atom stereocenters. The highest BCUT2D eigenvalue weighted by atomic mass is 19.3. The number of aromatic amines is 1. The van der Waals surface area contributed by atoms with E-state index in [-0.39, 0.29) is 6.42 Å². The Labute approximate surface area is 85.6 Å². The summed E-state index contributed by atoms with van der Waals surface area (Å²) < 4.78 is 24.5. The van der Waals surface area contributed by atoms with Crippen LogP contribution in [0, 0.1) is 0 Å². The predicted octanol–water partition coefficient (Wildman–Crippen LogP) is 2.33. The molecule has 1 N–H and O–H groups in total. The molecule has 0 amide bonds. The zero-order valence-electron chi connectivity index (χ0n) is 8.30. The first-order chi connectivity index (χ1) is 7.20. The number of fused-ring (bicyclic) bond motifs is 1. The Hall–Kier alpha value is -1.52. The number of aromatic nitrogens is 3. The van der Waals surface area contributed by atoms with Gasteiger partial charge in [0.2, 0.25) is 6.43 Å². The highest BCUT2D eigenvalue weighted by Gasteiger charge is 2.11. The van der Waals surface area contributed by atoms with Crippen molar-refractivity contribution in [2.45, 2.75) is 26.2 Å². The third kappa shape index (κ3) is 1.95. The van der Waals surface area contributed by atoms with Gasteiger partial charge in [-0.1, -0.05) is 6.92 Å². The van der Waals surface area contributed by atoms with Crippen LogP contribution < -0.4 is 0 Å². The highest BCUT2D eigenvalue weighted by Crippen LogP contribution is 2.17. The Morgan fingerprint density at radius 2 is 2.27 bits per heavy atom. The molecule has 2 rings (SSSR count). The largest absolute Gasteiger partial charge is 0.345 e. The van der Waals surface area contributed by atoms with Gasteiger partial charge in [0.25, 0.3) is 0 Å². The molecule has 0 aliphatic heterocycles. The molecule has 0 saturated heterocycles. The van der Waals surface area contributed by atoms with Gasteiger partial charge in [0.05, 0.1) is 11.9 Å². The van der Waals surface area contributed by atoms with E-state index in [9.17, 15) is 8.78 Å². The summed E-state index contributed by atoms with van der Waals surface area (Å²) in [5.74, 6) is 0. The summed E-state index contributed by atoms with van der Waals surface area (Å²) in [5.41, 5.74) is 2.48. The van der Waals surface area contributed by atoms with E-state index in [2.05, 4.69) is 15.0 Å². The molecule has 0 saturated carbocycles. The van der Waals surface area contributed by atoms with Gasteiger partial charge in [-0.15, -0.1) is 0 Å². The minimum absolute atomic E-state index is 0.276. The Kier molecular flexibility index (Phi) is 2.62. The van der Waals surface area contributed by atoms with Crippen molar-refractivity contribution in [3.8, 4) is 0 Å². The normalized spacial score (nSPS) is 11.5. The van der Waals surface area contributed by atoms with Crippen molar-refractivity contribution in [3.63, 3.8) is 0 Å². The van der Waals surface area contributed by atoms with Crippen LogP contribution >= 0.6 is 0 Å². The second-order valence-corrected chi connectivity index (χ2v) is 3.32. The molecule has 15 heavy (non-hydrogen) atoms. The fourth-order valence-electron chi connectivity index (χ4n) is 1.47. The third-order valence-electron chi connectivity index (χ3n) is 2.25. The number of hydrogen-bond acceptors (Lipinski definition) is 2. The number of H-pyrrole nitrogens is 1. The number of aryl methyl sites for hydroxylation is 1. The van der Waals surface area contributed by atoms with Crippen LogP contribution in [-0.4, -0.2) is 21.4 Å². The molecule has 0 radical (unpaired) electrons. The smallest absolute Gasteiger partial charge is 0.242 e. The molecule has 2 aromatic heterocycles. The summed E-state index contributed by atoms with van der Waals surface area (Å²) in [4.78, 5) is 11.2. The maximum atomic E-state index is 12.2. The molecule has 0 spiro atoms. The van der Waals surface area contributed by atoms with Gasteiger partial charge in [0, 0.05) is 18.2 Å². The quantitative estimate of drug-likeness (QED) is 0.846. The molecule has 2 aromatic rings. The van der Waals surface area contributed by atoms with E-state index in [1.165, 1.54) is 0 Å². The fourth-order valence-corrected chi connectivity index (χ4v) is 1.47. The molecular formula is C10H11F2N3. The summed E-state index contributed by atoms with van der Waals surface area (Å²) in [6, 6.07) is 0. The summed E-state index contributed by atoms with van der Waals surface area (Å²) in [5, 5.41) is 0. The third-order valence-corrected chi connectivity index (χ3v) is 2.25. The Morgan fingerprint density at radius 1 is 1.47 bits per heavy atom. The molecule has 3 nitrogen and oxygen atoms in total. The van der Waals surface area contributed by atoms with Crippen molar-refractivity contribution in [2.24, 2.45) is 0 Å². The molecule has 2 heterocycles. The minimum atomic E-state index is -2.35. The lowest BCUT2D eigenvalue weighted by Gasteiger charge is -1.98. The molecule has 5 heteroatoms. The van der Waals surface area contributed by atoms with E-state index < -0.39 is 6.43 Å². The van der Waals surface area contributed by atoms with Crippen molar-refractivity contribution >= 4 is 11.2 Å². The highest BCUT2D eigenvalue weighted by molar-refractivity contribution is 5.74. The molecule has 0 aromatic carbocycles. The summed E-state index contributed by atoms with van der Waals surface area (Å²) in [6.07, 6.45) is 1.34. The average molecular weight is 211 g/mol. The van der Waals surface area contributed by atoms with Crippen LogP contribution in [0.25, 0.3) is 11.2 Å². The average Bonchev–Trinajstić information content (AvgIpc) is 2.60. The summed E-state index contributed by atoms with van der Waals surface area (Å²) >= 11 is 0. The molecule has 0 fully saturated rings. The maximum Gasteiger partial charge on any atom is 0.242 e. The predicted molar refractivity (Wildman–Crippen MR) is 53.0 cm³/mol. The van der Waals surface area contributed by atoms with E-state index >= 15 is 0 Å². The van der Waals surface area contributed by atoms with Gasteiger partial charge < -0.3 is 4.98 Å². The number of nitrogens with zero attached hydrogens (tertiary/aromatic N) is 2. The van der Waals surface area contributed by atoms with Crippen LogP contribution in [0.4, 0.5) is 8.78 Å². The van der Waals surface area contributed by atoms with Gasteiger partial charge in [-0.25, -0.2) is 18.7 Å². The van der Waals surface area contributed by atoms with Gasteiger partial charge in [-0.2, -0.15) is 0 Å². The van der Waals surface area contributed by atoms with Gasteiger partial charge in [0.15, 0.2) is 5.65 Å². The summed E-state index contributed by atoms with van der Waals surface area (Å²) in [6.45, 7) is 1.95. The molecular weight excluding hydrogens is 200 g/mol. The lowest BCUT2D eigenvalue weighted by molar-refractivity contribution is 0.149. The maximum absolute atomic E-state index is 12.2. The van der Waals surface area contributed by atoms with Crippen molar-refractivity contribution in [1.82, 2.24) is 15.0 Å². The van der Waals surface area contributed by atoms with E-state index in [1.54, 1.807) is 12.4 Å². The van der Waals surface area contributed by atoms with Crippen LogP contribution in [0.1, 0.15) is 18.2 Å². The lowest BCUT2D eigenvalue weighted by atomic mass is 10.2. The van der Waals surface area contributed by atoms with Crippen LogP contribution in [0.15, 0.2) is 12.4 Å². The van der Waals surface area contributed by atoms with E-state index in [0.29, 0.717) is 16.7 Å². The number of alkyl halides is 2. The number of halogens is 2. The van der Waals surface area contributed by atoms with E-state index in [0.717, 1.165) is 12.1 Å². The first kappa shape index (κ1) is 10.0. The minimum Gasteiger partial charge on any atom is -0.345 e. The lowest BCUT2D eigenvalue weighted by Crippen LogP contribution is -1.97. The van der Waals surface area contributed by atoms with Gasteiger partial charge in [-0.3, -0.25) is 0 Å². The van der Waals surface area contributed by atoms with Gasteiger partial charge in [-0.05, 0) is 6.42 Å². The van der Waals surface area contributed by atoms with Gasteiger partial charge in [0.1, 0.15) is 5.52 Å². The number of hydrogen-bond donors (Lipinski definition) is 1. The number of nitrogens with one attached hydrogen (secondary N) is 1. The fraction of sp³-hybridized carbons (Fsp3) is 0.400. The van der Waals surface area contributed by atoms with E-state index in [4.69, 9.17) is 0 Å². The van der Waals surface area contributed by atoms with Crippen molar-refractivity contribution in [1.29, 1.82) is 0 Å². The monoisotopic (exact) mass is 211 g/mol. The first-order valence-corrected chi connectivity index (χ1v) is 4.80.